The molecule has 0 aliphatic carbocycles. The molecule has 5 rings (SSSR count). The molecule has 0 bridgehead atoms. The highest BCUT2D eigenvalue weighted by atomic mass is 16.3. The average molecular weight is 449 g/mol. The Morgan fingerprint density at radius 3 is 2.48 bits per heavy atom. The van der Waals surface area contributed by atoms with Crippen LogP contribution in [0.4, 0.5) is 5.69 Å². The van der Waals surface area contributed by atoms with E-state index >= 15 is 0 Å². The summed E-state index contributed by atoms with van der Waals surface area (Å²) >= 11 is 0. The third-order valence-corrected chi connectivity index (χ3v) is 7.29. The maximum Gasteiger partial charge on any atom is 0.254 e. The second-order valence-electron chi connectivity index (χ2n) is 10.1. The summed E-state index contributed by atoms with van der Waals surface area (Å²) in [6, 6.07) is 15.7. The normalized spacial score (nSPS) is 24.4. The number of carbonyl (C=O) groups excluding carboxylic acids is 1. The number of nitrogens with zero attached hydrogens (tertiary/aromatic N) is 3. The summed E-state index contributed by atoms with van der Waals surface area (Å²) in [5.41, 5.74) is 5.90. The van der Waals surface area contributed by atoms with Crippen molar-refractivity contribution in [1.29, 1.82) is 0 Å². The summed E-state index contributed by atoms with van der Waals surface area (Å²) in [4.78, 5) is 19.7. The highest BCUT2D eigenvalue weighted by molar-refractivity contribution is 5.97. The second-order valence-corrected chi connectivity index (χ2v) is 10.1. The maximum atomic E-state index is 13.2. The summed E-state index contributed by atoms with van der Waals surface area (Å²) in [7, 11) is 0. The molecule has 2 N–H and O–H groups in total. The summed E-state index contributed by atoms with van der Waals surface area (Å²) in [5, 5.41) is 14.4. The molecule has 3 heterocycles. The Balaban J connectivity index is 1.20. The van der Waals surface area contributed by atoms with Gasteiger partial charge >= 0.3 is 0 Å². The highest BCUT2D eigenvalue weighted by Crippen LogP contribution is 2.26. The van der Waals surface area contributed by atoms with Crippen LogP contribution in [0.5, 0.6) is 0 Å². The Kier molecular flexibility index (Phi) is 6.41. The van der Waals surface area contributed by atoms with Crippen LogP contribution in [-0.2, 0) is 19.4 Å². The largest absolute Gasteiger partial charge is 0.390 e. The van der Waals surface area contributed by atoms with Gasteiger partial charge in [-0.1, -0.05) is 24.3 Å². The first-order valence-electron chi connectivity index (χ1n) is 12.4. The smallest absolute Gasteiger partial charge is 0.254 e. The van der Waals surface area contributed by atoms with Gasteiger partial charge in [-0.05, 0) is 61.6 Å². The van der Waals surface area contributed by atoms with Crippen molar-refractivity contribution in [3.8, 4) is 0 Å². The van der Waals surface area contributed by atoms with Crippen LogP contribution in [0.15, 0.2) is 42.5 Å². The third kappa shape index (κ3) is 4.93. The predicted molar refractivity (Wildman–Crippen MR) is 132 cm³/mol. The van der Waals surface area contributed by atoms with Crippen molar-refractivity contribution in [2.45, 2.75) is 51.4 Å². The van der Waals surface area contributed by atoms with Gasteiger partial charge in [-0.3, -0.25) is 9.69 Å². The van der Waals surface area contributed by atoms with E-state index in [4.69, 9.17) is 0 Å². The van der Waals surface area contributed by atoms with E-state index in [2.05, 4.69) is 65.4 Å². The molecular weight excluding hydrogens is 412 g/mol. The molecular formula is C27H36N4O2. The fourth-order valence-electron chi connectivity index (χ4n) is 5.75. The Bertz CT molecular complexity index is 999. The molecule has 0 spiro atoms. The number of hydrogen-bond acceptors (Lipinski definition) is 5. The van der Waals surface area contributed by atoms with E-state index in [0.717, 1.165) is 50.1 Å². The van der Waals surface area contributed by atoms with E-state index in [1.807, 2.05) is 11.0 Å². The molecule has 176 valence electrons. The van der Waals surface area contributed by atoms with Gasteiger partial charge in [0, 0.05) is 69.1 Å². The molecule has 6 heteroatoms. The Labute approximate surface area is 197 Å². The molecule has 0 saturated carbocycles. The molecule has 33 heavy (non-hydrogen) atoms. The molecule has 2 aromatic carbocycles. The zero-order chi connectivity index (χ0) is 22.9. The number of aliphatic hydroxyl groups excluding tert-OH is 1. The van der Waals surface area contributed by atoms with Crippen molar-refractivity contribution in [2.24, 2.45) is 0 Å². The molecule has 6 nitrogen and oxygen atoms in total. The summed E-state index contributed by atoms with van der Waals surface area (Å²) in [6.07, 6.45) is 1.32. The second kappa shape index (κ2) is 9.45. The van der Waals surface area contributed by atoms with Gasteiger partial charge in [0.15, 0.2) is 0 Å². The van der Waals surface area contributed by atoms with E-state index in [9.17, 15) is 9.90 Å². The van der Waals surface area contributed by atoms with Crippen molar-refractivity contribution >= 4 is 11.6 Å². The van der Waals surface area contributed by atoms with E-state index in [-0.39, 0.29) is 5.91 Å². The number of rotatable bonds is 5. The van der Waals surface area contributed by atoms with Gasteiger partial charge in [0.05, 0.1) is 6.10 Å². The van der Waals surface area contributed by atoms with Crippen molar-refractivity contribution < 1.29 is 9.90 Å². The Morgan fingerprint density at radius 1 is 0.970 bits per heavy atom. The fraction of sp³-hybridized carbons (Fsp3) is 0.519. The number of aliphatic hydroxyl groups is 1. The monoisotopic (exact) mass is 448 g/mol. The highest BCUT2D eigenvalue weighted by Gasteiger charge is 2.29. The maximum absolute atomic E-state index is 13.2. The molecule has 1 fully saturated rings. The summed E-state index contributed by atoms with van der Waals surface area (Å²) < 4.78 is 0. The van der Waals surface area contributed by atoms with Crippen LogP contribution in [0, 0.1) is 0 Å². The summed E-state index contributed by atoms with van der Waals surface area (Å²) in [5.74, 6) is 0.0490. The number of piperazine rings is 1. The molecule has 3 aliphatic heterocycles. The lowest BCUT2D eigenvalue weighted by Crippen LogP contribution is -2.54. The van der Waals surface area contributed by atoms with Gasteiger partial charge in [0.25, 0.3) is 5.91 Å². The lowest BCUT2D eigenvalue weighted by molar-refractivity contribution is 0.0493. The fourth-order valence-corrected chi connectivity index (χ4v) is 5.75. The van der Waals surface area contributed by atoms with Gasteiger partial charge in [0.1, 0.15) is 0 Å². The van der Waals surface area contributed by atoms with Crippen molar-refractivity contribution in [3.63, 3.8) is 0 Å². The van der Waals surface area contributed by atoms with Crippen LogP contribution in [0.25, 0.3) is 0 Å². The first kappa shape index (κ1) is 22.4. The number of benzene rings is 2. The first-order chi connectivity index (χ1) is 16.0. The van der Waals surface area contributed by atoms with Crippen molar-refractivity contribution in [2.75, 3.05) is 44.2 Å². The van der Waals surface area contributed by atoms with E-state index in [1.54, 1.807) is 0 Å². The molecule has 2 unspecified atom stereocenters. The van der Waals surface area contributed by atoms with Crippen LogP contribution in [0.3, 0.4) is 0 Å². The Hall–Kier alpha value is -2.41. The van der Waals surface area contributed by atoms with Gasteiger partial charge in [-0.2, -0.15) is 0 Å². The standard InChI is InChI=1S/C27H36N4O2/c1-19-14-31(15-20(2)28-19)24-7-8-26-22(13-24)10-12-30(27(26)33)18-25(32)17-29-11-9-21-5-3-4-6-23(21)16-29/h3-8,13,19-20,25,28,32H,9-12,14-18H2,1-2H3/t19?,20?,25-/m1/s1. The van der Waals surface area contributed by atoms with Crippen LogP contribution < -0.4 is 10.2 Å². The molecule has 3 aliphatic rings. The average Bonchev–Trinajstić information content (AvgIpc) is 2.80. The third-order valence-electron chi connectivity index (χ3n) is 7.29. The van der Waals surface area contributed by atoms with Crippen molar-refractivity contribution in [3.05, 3.63) is 64.7 Å². The number of carbonyl (C=O) groups is 1. The topological polar surface area (TPSA) is 59.1 Å². The molecule has 0 radical (unpaired) electrons. The van der Waals surface area contributed by atoms with Crippen LogP contribution in [0.2, 0.25) is 0 Å². The number of nitrogens with one attached hydrogen (secondary N) is 1. The number of anilines is 1. The molecule has 1 saturated heterocycles. The van der Waals surface area contributed by atoms with E-state index < -0.39 is 6.10 Å². The minimum absolute atomic E-state index is 0.0490. The molecule has 1 amide bonds. The van der Waals surface area contributed by atoms with Crippen LogP contribution in [0.1, 0.15) is 40.9 Å². The zero-order valence-electron chi connectivity index (χ0n) is 19.8. The van der Waals surface area contributed by atoms with Crippen molar-refractivity contribution in [1.82, 2.24) is 15.1 Å². The zero-order valence-corrected chi connectivity index (χ0v) is 19.8. The lowest BCUT2D eigenvalue weighted by atomic mass is 9.97. The minimum atomic E-state index is -0.538. The van der Waals surface area contributed by atoms with Gasteiger partial charge in [-0.15, -0.1) is 0 Å². The van der Waals surface area contributed by atoms with Gasteiger partial charge < -0.3 is 20.2 Å². The number of β-amino-alcohol motifs (C(OH)–C–C–N with tert-alkyl or cyclic N) is 1. The SMILES string of the molecule is CC1CN(c2ccc3c(c2)CCN(C[C@H](O)CN2CCc4ccccc4C2)C3=O)CC(C)N1. The van der Waals surface area contributed by atoms with Gasteiger partial charge in [-0.25, -0.2) is 0 Å². The molecule has 3 atom stereocenters. The van der Waals surface area contributed by atoms with E-state index in [1.165, 1.54) is 16.8 Å². The molecule has 2 aromatic rings. The summed E-state index contributed by atoms with van der Waals surface area (Å²) in [6.45, 7) is 9.89. The quantitative estimate of drug-likeness (QED) is 0.735. The number of hydrogen-bond donors (Lipinski definition) is 2. The van der Waals surface area contributed by atoms with Gasteiger partial charge in [0.2, 0.25) is 0 Å². The lowest BCUT2D eigenvalue weighted by Gasteiger charge is -2.38. The minimum Gasteiger partial charge on any atom is -0.390 e. The van der Waals surface area contributed by atoms with E-state index in [0.29, 0.717) is 31.7 Å². The predicted octanol–water partition coefficient (Wildman–Crippen LogP) is 2.29. The number of amides is 1. The first-order valence-corrected chi connectivity index (χ1v) is 12.4. The van der Waals surface area contributed by atoms with Crippen LogP contribution >= 0.6 is 0 Å². The Morgan fingerprint density at radius 2 is 1.70 bits per heavy atom. The molecule has 0 aromatic heterocycles. The number of fused-ring (bicyclic) bond motifs is 2. The van der Waals surface area contributed by atoms with Crippen LogP contribution in [-0.4, -0.2) is 78.3 Å².